The molecule has 3 aromatic carbocycles. The summed E-state index contributed by atoms with van der Waals surface area (Å²) in [7, 11) is -4.81. The van der Waals surface area contributed by atoms with Crippen LogP contribution < -0.4 is 64.4 Å². The fourth-order valence-corrected chi connectivity index (χ4v) is 3.93. The second-order valence-electron chi connectivity index (χ2n) is 6.07. The molecule has 0 heterocycles. The van der Waals surface area contributed by atoms with Crippen molar-refractivity contribution in [2.75, 3.05) is 0 Å². The monoisotopic (exact) mass is 480 g/mol. The number of aromatic hydroxyl groups is 1. The van der Waals surface area contributed by atoms with Crippen LogP contribution >= 0.6 is 12.0 Å². The maximum absolute atomic E-state index is 11.7. The molecule has 0 saturated carbocycles. The summed E-state index contributed by atoms with van der Waals surface area (Å²) in [6.45, 7) is 3.57. The van der Waals surface area contributed by atoms with Crippen LogP contribution in [0, 0.1) is 13.8 Å². The molecule has 13 heteroatoms. The number of benzene rings is 3. The van der Waals surface area contributed by atoms with Crippen LogP contribution in [0.1, 0.15) is 11.1 Å². The van der Waals surface area contributed by atoms with E-state index in [1.165, 1.54) is 12.1 Å². The van der Waals surface area contributed by atoms with Crippen LogP contribution in [0.25, 0.3) is 10.8 Å². The van der Waals surface area contributed by atoms with E-state index >= 15 is 0 Å². The van der Waals surface area contributed by atoms with Crippen molar-refractivity contribution < 1.29 is 91.8 Å². The van der Waals surface area contributed by atoms with E-state index in [9.17, 15) is 23.3 Å². The summed E-state index contributed by atoms with van der Waals surface area (Å²) >= 11 is 0.696. The SMILES string of the molecule is Cc1cc(C)c(SOO[O-])cc1N=Nc1cc(S(=O)(=O)[O-])c2ccccc2c1O.[Na+].[Na+]. The van der Waals surface area contributed by atoms with Gasteiger partial charge in [0.05, 0.1) is 22.6 Å². The molecule has 0 aliphatic carbocycles. The standard InChI is InChI=1S/C18H16N2O7S2.2Na/c1-10-7-11(2)16(28-27-26-22)8-14(10)19-20-15-9-17(29(23,24)25)12-5-3-4-6-13(12)18(15)21;;/h3-9,21-22H,1-2H3,(H,23,24,25);;/q;2*+1/p-2. The normalized spacial score (nSPS) is 11.4. The number of fused-ring (bicyclic) bond motifs is 1. The van der Waals surface area contributed by atoms with Crippen molar-refractivity contribution in [2.45, 2.75) is 23.6 Å². The van der Waals surface area contributed by atoms with Gasteiger partial charge >= 0.3 is 59.1 Å². The van der Waals surface area contributed by atoms with Gasteiger partial charge in [-0.1, -0.05) is 30.3 Å². The van der Waals surface area contributed by atoms with E-state index in [2.05, 4.69) is 19.6 Å². The van der Waals surface area contributed by atoms with E-state index in [0.29, 0.717) is 22.6 Å². The first-order valence-corrected chi connectivity index (χ1v) is 10.2. The Morgan fingerprint density at radius 3 is 2.19 bits per heavy atom. The van der Waals surface area contributed by atoms with Gasteiger partial charge in [0.1, 0.15) is 15.8 Å². The topological polar surface area (TPSA) is 144 Å². The van der Waals surface area contributed by atoms with E-state index in [1.807, 2.05) is 0 Å². The zero-order valence-electron chi connectivity index (χ0n) is 17.1. The molecule has 152 valence electrons. The van der Waals surface area contributed by atoms with Gasteiger partial charge in [-0.05, 0) is 37.1 Å². The van der Waals surface area contributed by atoms with Gasteiger partial charge in [0.15, 0.2) is 5.75 Å². The van der Waals surface area contributed by atoms with Crippen molar-refractivity contribution in [3.8, 4) is 5.75 Å². The minimum absolute atomic E-state index is 0. The fraction of sp³-hybridized carbons (Fsp3) is 0.111. The first-order valence-electron chi connectivity index (χ1n) is 8.09. The average Bonchev–Trinajstić information content (AvgIpc) is 2.67. The minimum atomic E-state index is -4.81. The molecule has 1 N–H and O–H groups in total. The van der Waals surface area contributed by atoms with E-state index < -0.39 is 15.0 Å². The van der Waals surface area contributed by atoms with Crippen LogP contribution in [0.2, 0.25) is 0 Å². The third kappa shape index (κ3) is 6.73. The smallest absolute Gasteiger partial charge is 0.744 e. The van der Waals surface area contributed by atoms with Gasteiger partial charge in [0, 0.05) is 15.7 Å². The molecule has 3 rings (SSSR count). The second-order valence-corrected chi connectivity index (χ2v) is 8.16. The molecule has 0 unspecified atom stereocenters. The fourth-order valence-electron chi connectivity index (χ4n) is 2.77. The van der Waals surface area contributed by atoms with E-state index in [0.717, 1.165) is 17.2 Å². The molecule has 0 fully saturated rings. The van der Waals surface area contributed by atoms with Crippen LogP contribution in [0.5, 0.6) is 5.75 Å². The Balaban J connectivity index is 0.00000240. The van der Waals surface area contributed by atoms with Crippen LogP contribution in [-0.2, 0) is 19.5 Å². The van der Waals surface area contributed by atoms with Crippen LogP contribution in [0.3, 0.4) is 0 Å². The molecule has 0 aliphatic rings. The molecule has 0 radical (unpaired) electrons. The van der Waals surface area contributed by atoms with Gasteiger partial charge in [0.2, 0.25) is 0 Å². The Labute approximate surface area is 227 Å². The second kappa shape index (κ2) is 12.1. The van der Waals surface area contributed by atoms with Crippen molar-refractivity contribution in [2.24, 2.45) is 10.2 Å². The number of nitrogens with zero attached hydrogens (tertiary/aromatic N) is 2. The Morgan fingerprint density at radius 1 is 0.968 bits per heavy atom. The summed E-state index contributed by atoms with van der Waals surface area (Å²) in [5.74, 6) is -0.306. The Hall–Kier alpha value is -0.540. The minimum Gasteiger partial charge on any atom is -0.744 e. The van der Waals surface area contributed by atoms with Gasteiger partial charge < -0.3 is 14.9 Å². The van der Waals surface area contributed by atoms with Gasteiger partial charge in [-0.3, -0.25) is 5.04 Å². The first-order chi connectivity index (χ1) is 13.7. The molecule has 3 aromatic rings. The number of phenols is 1. The molecular formula is C18H14N2Na2O7S2. The summed E-state index contributed by atoms with van der Waals surface area (Å²) < 4.78 is 39.3. The summed E-state index contributed by atoms with van der Waals surface area (Å²) in [6.07, 6.45) is 0. The van der Waals surface area contributed by atoms with Crippen molar-refractivity contribution in [1.29, 1.82) is 0 Å². The third-order valence-corrected chi connectivity index (χ3v) is 5.76. The van der Waals surface area contributed by atoms with Crippen molar-refractivity contribution >= 4 is 44.3 Å². The molecule has 0 atom stereocenters. The maximum atomic E-state index is 11.7. The van der Waals surface area contributed by atoms with Crippen LogP contribution in [0.4, 0.5) is 11.4 Å². The number of hydrogen-bond donors (Lipinski definition) is 1. The predicted molar refractivity (Wildman–Crippen MR) is 102 cm³/mol. The van der Waals surface area contributed by atoms with Gasteiger partial charge in [0.25, 0.3) is 0 Å². The summed E-state index contributed by atoms with van der Waals surface area (Å²) in [5, 5.41) is 32.1. The number of rotatable bonds is 6. The zero-order valence-corrected chi connectivity index (χ0v) is 22.8. The molecule has 0 amide bonds. The maximum Gasteiger partial charge on any atom is 1.00 e. The zero-order chi connectivity index (χ0) is 21.2. The Morgan fingerprint density at radius 2 is 1.58 bits per heavy atom. The summed E-state index contributed by atoms with van der Waals surface area (Å²) in [5.41, 5.74) is 1.74. The van der Waals surface area contributed by atoms with Crippen molar-refractivity contribution in [1.82, 2.24) is 0 Å². The Kier molecular flexibility index (Phi) is 11.1. The van der Waals surface area contributed by atoms with Gasteiger partial charge in [-0.25, -0.2) is 8.42 Å². The molecule has 9 nitrogen and oxygen atoms in total. The summed E-state index contributed by atoms with van der Waals surface area (Å²) in [6, 6.07) is 10.4. The number of hydrogen-bond acceptors (Lipinski definition) is 10. The Bertz CT molecular complexity index is 1220. The van der Waals surface area contributed by atoms with Crippen molar-refractivity contribution in [3.05, 3.63) is 53.6 Å². The molecule has 0 spiro atoms. The largest absolute Gasteiger partial charge is 1.00 e. The average molecular weight is 480 g/mol. The predicted octanol–water partition coefficient (Wildman–Crippen LogP) is -2.28. The van der Waals surface area contributed by atoms with Crippen LogP contribution in [0.15, 0.2) is 62.5 Å². The molecule has 0 aromatic heterocycles. The third-order valence-electron chi connectivity index (χ3n) is 4.14. The number of phenolic OH excluding ortho intramolecular Hbond substituents is 1. The molecule has 31 heavy (non-hydrogen) atoms. The van der Waals surface area contributed by atoms with Crippen molar-refractivity contribution in [3.63, 3.8) is 0 Å². The summed E-state index contributed by atoms with van der Waals surface area (Å²) in [4.78, 5) is 0.0451. The quantitative estimate of drug-likeness (QED) is 0.104. The molecule has 0 bridgehead atoms. The molecular weight excluding hydrogens is 466 g/mol. The number of azo groups is 1. The van der Waals surface area contributed by atoms with E-state index in [4.69, 9.17) is 0 Å². The van der Waals surface area contributed by atoms with Gasteiger partial charge in [-0.15, -0.1) is 5.11 Å². The van der Waals surface area contributed by atoms with E-state index in [-0.39, 0.29) is 81.3 Å². The number of aryl methyl sites for hydroxylation is 2. The van der Waals surface area contributed by atoms with E-state index in [1.54, 1.807) is 38.1 Å². The molecule has 0 saturated heterocycles. The van der Waals surface area contributed by atoms with Crippen LogP contribution in [-0.4, -0.2) is 18.1 Å². The first kappa shape index (κ1) is 28.5. The molecule has 0 aliphatic heterocycles. The van der Waals surface area contributed by atoms with Gasteiger partial charge in [-0.2, -0.15) is 9.45 Å².